The minimum Gasteiger partial charge on any atom is -0.314 e. The van der Waals surface area contributed by atoms with E-state index in [1.807, 2.05) is 13.8 Å². The highest BCUT2D eigenvalue weighted by molar-refractivity contribution is 4.92. The highest BCUT2D eigenvalue weighted by atomic mass is 15.2. The molecule has 23 heavy (non-hydrogen) atoms. The number of rotatable bonds is 2. The van der Waals surface area contributed by atoms with Crippen molar-refractivity contribution >= 4 is 0 Å². The van der Waals surface area contributed by atoms with Crippen molar-refractivity contribution in [1.82, 2.24) is 15.1 Å². The van der Waals surface area contributed by atoms with E-state index in [9.17, 15) is 0 Å². The zero-order valence-corrected chi connectivity index (χ0v) is 16.8. The maximum atomic E-state index is 3.45. The van der Waals surface area contributed by atoms with Crippen LogP contribution >= 0.6 is 0 Å². The summed E-state index contributed by atoms with van der Waals surface area (Å²) >= 11 is 0. The van der Waals surface area contributed by atoms with Crippen LogP contribution in [0.15, 0.2) is 0 Å². The number of hydrogen-bond donors (Lipinski definition) is 1. The van der Waals surface area contributed by atoms with Crippen molar-refractivity contribution < 1.29 is 0 Å². The molecule has 0 aromatic heterocycles. The predicted molar refractivity (Wildman–Crippen MR) is 103 cm³/mol. The third-order valence-corrected chi connectivity index (χ3v) is 6.04. The largest absolute Gasteiger partial charge is 0.314 e. The van der Waals surface area contributed by atoms with Crippen LogP contribution in [0, 0.1) is 11.8 Å². The SMILES string of the molecule is CC.CC1CCC1.CN1CCC(C(C)(C)N2CCNCC2)CC1. The molecule has 0 atom stereocenters. The number of piperidine rings is 1. The van der Waals surface area contributed by atoms with Gasteiger partial charge in [0.15, 0.2) is 0 Å². The lowest BCUT2D eigenvalue weighted by molar-refractivity contribution is 0.0228. The van der Waals surface area contributed by atoms with E-state index in [2.05, 4.69) is 42.9 Å². The summed E-state index contributed by atoms with van der Waals surface area (Å²) in [7, 11) is 2.24. The van der Waals surface area contributed by atoms with E-state index in [0.29, 0.717) is 5.54 Å². The molecule has 0 aromatic carbocycles. The van der Waals surface area contributed by atoms with Gasteiger partial charge in [-0.1, -0.05) is 40.0 Å². The van der Waals surface area contributed by atoms with Crippen LogP contribution in [-0.4, -0.2) is 61.7 Å². The van der Waals surface area contributed by atoms with Crippen LogP contribution in [0.3, 0.4) is 0 Å². The monoisotopic (exact) mass is 325 g/mol. The van der Waals surface area contributed by atoms with E-state index in [0.717, 1.165) is 24.9 Å². The molecule has 0 spiro atoms. The molecule has 0 amide bonds. The third kappa shape index (κ3) is 6.72. The summed E-state index contributed by atoms with van der Waals surface area (Å²) in [4.78, 5) is 5.16. The van der Waals surface area contributed by atoms with Crippen LogP contribution in [0.4, 0.5) is 0 Å². The fourth-order valence-corrected chi connectivity index (χ4v) is 3.83. The van der Waals surface area contributed by atoms with Gasteiger partial charge in [0.1, 0.15) is 0 Å². The summed E-state index contributed by atoms with van der Waals surface area (Å²) in [6.45, 7) is 18.5. The summed E-state index contributed by atoms with van der Waals surface area (Å²) in [5, 5.41) is 3.45. The van der Waals surface area contributed by atoms with Gasteiger partial charge in [0.25, 0.3) is 0 Å². The average Bonchev–Trinajstić information content (AvgIpc) is 2.57. The maximum Gasteiger partial charge on any atom is 0.0183 e. The quantitative estimate of drug-likeness (QED) is 0.832. The molecular weight excluding hydrogens is 282 g/mol. The fraction of sp³-hybridized carbons (Fsp3) is 1.00. The summed E-state index contributed by atoms with van der Waals surface area (Å²) in [6.07, 6.45) is 7.20. The predicted octanol–water partition coefficient (Wildman–Crippen LogP) is 3.84. The first kappa shape index (κ1) is 20.9. The zero-order chi connectivity index (χ0) is 17.3. The molecule has 3 rings (SSSR count). The van der Waals surface area contributed by atoms with Gasteiger partial charge in [-0.15, -0.1) is 0 Å². The van der Waals surface area contributed by atoms with Crippen LogP contribution in [0.1, 0.15) is 66.7 Å². The summed E-state index contributed by atoms with van der Waals surface area (Å²) in [5.74, 6) is 1.94. The highest BCUT2D eigenvalue weighted by Gasteiger charge is 2.36. The number of hydrogen-bond acceptors (Lipinski definition) is 3. The molecule has 2 aliphatic heterocycles. The van der Waals surface area contributed by atoms with Gasteiger partial charge in [-0.05, 0) is 58.7 Å². The second-order valence-electron chi connectivity index (χ2n) is 8.00. The molecule has 0 bridgehead atoms. The van der Waals surface area contributed by atoms with Gasteiger partial charge in [-0.3, -0.25) is 4.90 Å². The Morgan fingerprint density at radius 3 is 1.74 bits per heavy atom. The number of piperazine rings is 1. The minimum atomic E-state index is 0.392. The molecule has 3 aliphatic rings. The molecule has 0 aromatic rings. The number of nitrogens with zero attached hydrogens (tertiary/aromatic N) is 2. The lowest BCUT2D eigenvalue weighted by Crippen LogP contribution is -2.57. The van der Waals surface area contributed by atoms with Gasteiger partial charge < -0.3 is 10.2 Å². The third-order valence-electron chi connectivity index (χ3n) is 6.04. The van der Waals surface area contributed by atoms with Crippen LogP contribution in [-0.2, 0) is 0 Å². The lowest BCUT2D eigenvalue weighted by Gasteiger charge is -2.48. The molecule has 1 N–H and O–H groups in total. The Morgan fingerprint density at radius 2 is 1.35 bits per heavy atom. The van der Waals surface area contributed by atoms with Gasteiger partial charge >= 0.3 is 0 Å². The smallest absolute Gasteiger partial charge is 0.0183 e. The standard InChI is InChI=1S/C13H27N3.C5H10.C2H6/c1-13(2,16-10-6-14-7-11-16)12-4-8-15(3)9-5-12;1-5-3-2-4-5;1-2/h12,14H,4-11H2,1-3H3;5H,2-4H2,1H3;1-2H3. The molecule has 3 nitrogen and oxygen atoms in total. The van der Waals surface area contributed by atoms with E-state index >= 15 is 0 Å². The molecule has 1 saturated carbocycles. The molecule has 0 unspecified atom stereocenters. The minimum absolute atomic E-state index is 0.392. The Balaban J connectivity index is 0.000000317. The lowest BCUT2D eigenvalue weighted by atomic mass is 9.79. The van der Waals surface area contributed by atoms with Gasteiger partial charge in [0.2, 0.25) is 0 Å². The van der Waals surface area contributed by atoms with Gasteiger partial charge in [-0.25, -0.2) is 0 Å². The van der Waals surface area contributed by atoms with Crippen LogP contribution in [0.5, 0.6) is 0 Å². The summed E-state index contributed by atoms with van der Waals surface area (Å²) < 4.78 is 0. The van der Waals surface area contributed by atoms with Crippen LogP contribution in [0.25, 0.3) is 0 Å². The van der Waals surface area contributed by atoms with Crippen molar-refractivity contribution in [3.05, 3.63) is 0 Å². The van der Waals surface area contributed by atoms with Gasteiger partial charge in [-0.2, -0.15) is 0 Å². The van der Waals surface area contributed by atoms with Crippen molar-refractivity contribution in [2.75, 3.05) is 46.3 Å². The van der Waals surface area contributed by atoms with Crippen molar-refractivity contribution in [3.8, 4) is 0 Å². The zero-order valence-electron chi connectivity index (χ0n) is 16.8. The Bertz CT molecular complexity index is 285. The van der Waals surface area contributed by atoms with Crippen molar-refractivity contribution in [2.24, 2.45) is 11.8 Å². The molecule has 3 heteroatoms. The topological polar surface area (TPSA) is 18.5 Å². The van der Waals surface area contributed by atoms with E-state index in [1.165, 1.54) is 58.3 Å². The van der Waals surface area contributed by atoms with E-state index in [-0.39, 0.29) is 0 Å². The molecule has 0 radical (unpaired) electrons. The van der Waals surface area contributed by atoms with Crippen molar-refractivity contribution in [3.63, 3.8) is 0 Å². The van der Waals surface area contributed by atoms with Crippen molar-refractivity contribution in [1.29, 1.82) is 0 Å². The molecule has 2 saturated heterocycles. The molecule has 2 heterocycles. The maximum absolute atomic E-state index is 3.45. The van der Waals surface area contributed by atoms with Crippen LogP contribution < -0.4 is 5.32 Å². The average molecular weight is 326 g/mol. The summed E-state index contributed by atoms with van der Waals surface area (Å²) in [5.41, 5.74) is 0.392. The first-order valence-corrected chi connectivity index (χ1v) is 10.1. The number of likely N-dealkylation sites (tertiary alicyclic amines) is 1. The van der Waals surface area contributed by atoms with Gasteiger partial charge in [0.05, 0.1) is 0 Å². The number of nitrogens with one attached hydrogen (secondary N) is 1. The summed E-state index contributed by atoms with van der Waals surface area (Å²) in [6, 6.07) is 0. The van der Waals surface area contributed by atoms with E-state index in [1.54, 1.807) is 0 Å². The van der Waals surface area contributed by atoms with Crippen LogP contribution in [0.2, 0.25) is 0 Å². The normalized spacial score (nSPS) is 24.8. The Labute approximate surface area is 146 Å². The molecule has 3 fully saturated rings. The Hall–Kier alpha value is -0.120. The highest BCUT2D eigenvalue weighted by Crippen LogP contribution is 2.32. The molecular formula is C20H43N3. The van der Waals surface area contributed by atoms with Gasteiger partial charge in [0, 0.05) is 31.7 Å². The second-order valence-corrected chi connectivity index (χ2v) is 8.00. The van der Waals surface area contributed by atoms with Crippen molar-refractivity contribution in [2.45, 2.75) is 72.3 Å². The fourth-order valence-electron chi connectivity index (χ4n) is 3.83. The molecule has 138 valence electrons. The van der Waals surface area contributed by atoms with E-state index in [4.69, 9.17) is 0 Å². The van der Waals surface area contributed by atoms with E-state index < -0.39 is 0 Å². The first-order valence-electron chi connectivity index (χ1n) is 10.1. The molecule has 1 aliphatic carbocycles. The Morgan fingerprint density at radius 1 is 0.870 bits per heavy atom. The second kappa shape index (κ2) is 10.7. The Kier molecular flexibility index (Phi) is 9.72. The first-order chi connectivity index (χ1) is 11.0.